The highest BCUT2D eigenvalue weighted by molar-refractivity contribution is 5.91. The Bertz CT molecular complexity index is 881. The van der Waals surface area contributed by atoms with Crippen molar-refractivity contribution in [2.24, 2.45) is 0 Å². The first kappa shape index (κ1) is 21.4. The Morgan fingerprint density at radius 1 is 1.30 bits per heavy atom. The number of piperazine rings is 1. The number of imidazole rings is 1. The number of H-pyrrole nitrogens is 1. The molecule has 1 aliphatic heterocycles. The van der Waals surface area contributed by atoms with Gasteiger partial charge >= 0.3 is 5.97 Å². The van der Waals surface area contributed by atoms with E-state index in [1.54, 1.807) is 25.3 Å². The minimum Gasteiger partial charge on any atom is -0.508 e. The van der Waals surface area contributed by atoms with E-state index in [-0.39, 0.29) is 43.6 Å². The highest BCUT2D eigenvalue weighted by atomic mass is 16.5. The molecule has 1 aromatic heterocycles. The van der Waals surface area contributed by atoms with Gasteiger partial charge < -0.3 is 24.6 Å². The van der Waals surface area contributed by atoms with E-state index in [0.29, 0.717) is 6.54 Å². The molecule has 0 spiro atoms. The molecule has 0 saturated carbocycles. The zero-order chi connectivity index (χ0) is 21.7. The Balaban J connectivity index is 1.87. The molecule has 0 unspecified atom stereocenters. The molecule has 0 bridgehead atoms. The fourth-order valence-corrected chi connectivity index (χ4v) is 3.71. The van der Waals surface area contributed by atoms with Crippen LogP contribution in [0.15, 0.2) is 36.8 Å². The van der Waals surface area contributed by atoms with E-state index in [4.69, 9.17) is 4.74 Å². The van der Waals surface area contributed by atoms with E-state index in [9.17, 15) is 19.5 Å². The van der Waals surface area contributed by atoms with Crippen LogP contribution in [0.1, 0.15) is 25.1 Å². The minimum absolute atomic E-state index is 0.122. The molecule has 0 radical (unpaired) electrons. The van der Waals surface area contributed by atoms with Gasteiger partial charge in [0.1, 0.15) is 17.8 Å². The Labute approximate surface area is 174 Å². The number of phenolic OH excluding ortho intramolecular Hbond substituents is 1. The number of amides is 2. The van der Waals surface area contributed by atoms with Gasteiger partial charge in [0.2, 0.25) is 11.8 Å². The van der Waals surface area contributed by atoms with Gasteiger partial charge in [-0.2, -0.15) is 0 Å². The van der Waals surface area contributed by atoms with Gasteiger partial charge in [-0.3, -0.25) is 9.59 Å². The van der Waals surface area contributed by atoms with Crippen molar-refractivity contribution in [2.45, 2.75) is 38.8 Å². The molecule has 2 aromatic rings. The van der Waals surface area contributed by atoms with Crippen LogP contribution in [0, 0.1) is 0 Å². The molecule has 1 fully saturated rings. The number of hydrogen-bond acceptors (Lipinski definition) is 6. The summed E-state index contributed by atoms with van der Waals surface area (Å²) in [4.78, 5) is 48.3. The van der Waals surface area contributed by atoms with Gasteiger partial charge in [-0.05, 0) is 24.6 Å². The Morgan fingerprint density at radius 3 is 2.63 bits per heavy atom. The second-order valence-corrected chi connectivity index (χ2v) is 7.18. The normalized spacial score (nSPS) is 17.7. The molecule has 2 atom stereocenters. The number of aromatic amines is 1. The smallest absolute Gasteiger partial charge is 0.329 e. The maximum absolute atomic E-state index is 13.4. The molecule has 9 nitrogen and oxygen atoms in total. The van der Waals surface area contributed by atoms with Crippen molar-refractivity contribution < 1.29 is 24.2 Å². The van der Waals surface area contributed by atoms with E-state index >= 15 is 0 Å². The number of phenols is 1. The first-order valence-electron chi connectivity index (χ1n) is 9.90. The lowest BCUT2D eigenvalue weighted by Crippen LogP contribution is -2.63. The number of esters is 1. The number of rotatable bonds is 7. The van der Waals surface area contributed by atoms with Gasteiger partial charge in [0, 0.05) is 44.7 Å². The third-order valence-electron chi connectivity index (χ3n) is 5.20. The third-order valence-corrected chi connectivity index (χ3v) is 5.20. The van der Waals surface area contributed by atoms with E-state index in [1.807, 2.05) is 0 Å². The molecule has 2 N–H and O–H groups in total. The molecule has 2 heterocycles. The molecule has 1 saturated heterocycles. The SMILES string of the molecule is CCOC(=O)[C@H](Cc1ccc(O)cc1)N1CCN(C(C)=O)[C@@H](Cc2cnc[nH]2)C1=O. The molecule has 160 valence electrons. The molecule has 3 rings (SSSR count). The largest absolute Gasteiger partial charge is 0.508 e. The van der Waals surface area contributed by atoms with Gasteiger partial charge in [0.05, 0.1) is 12.9 Å². The van der Waals surface area contributed by atoms with Crippen LogP contribution in [-0.2, 0) is 32.0 Å². The summed E-state index contributed by atoms with van der Waals surface area (Å²) in [7, 11) is 0. The van der Waals surface area contributed by atoms with Crippen molar-refractivity contribution in [2.75, 3.05) is 19.7 Å². The molecular weight excluding hydrogens is 388 g/mol. The predicted octanol–water partition coefficient (Wildman–Crippen LogP) is 0.891. The van der Waals surface area contributed by atoms with Crippen molar-refractivity contribution in [1.82, 2.24) is 19.8 Å². The van der Waals surface area contributed by atoms with E-state index < -0.39 is 18.1 Å². The Hall–Kier alpha value is -3.36. The first-order chi connectivity index (χ1) is 14.4. The maximum atomic E-state index is 13.4. The number of hydrogen-bond donors (Lipinski definition) is 2. The summed E-state index contributed by atoms with van der Waals surface area (Å²) in [5.74, 6) is -0.866. The van der Waals surface area contributed by atoms with Crippen molar-refractivity contribution >= 4 is 17.8 Å². The average Bonchev–Trinajstić information content (AvgIpc) is 3.22. The zero-order valence-corrected chi connectivity index (χ0v) is 17.1. The molecule has 30 heavy (non-hydrogen) atoms. The minimum atomic E-state index is -0.819. The number of benzene rings is 1. The number of nitrogens with zero attached hydrogens (tertiary/aromatic N) is 3. The molecular formula is C21H26N4O5. The number of aromatic nitrogens is 2. The maximum Gasteiger partial charge on any atom is 0.329 e. The first-order valence-corrected chi connectivity index (χ1v) is 9.90. The highest BCUT2D eigenvalue weighted by Crippen LogP contribution is 2.21. The summed E-state index contributed by atoms with van der Waals surface area (Å²) in [5, 5.41) is 9.51. The second-order valence-electron chi connectivity index (χ2n) is 7.18. The molecule has 0 aliphatic carbocycles. The van der Waals surface area contributed by atoms with Crippen LogP contribution < -0.4 is 0 Å². The number of carbonyl (C=O) groups is 3. The lowest BCUT2D eigenvalue weighted by Gasteiger charge is -2.42. The van der Waals surface area contributed by atoms with Crippen molar-refractivity contribution in [3.05, 3.63) is 48.0 Å². The monoisotopic (exact) mass is 414 g/mol. The van der Waals surface area contributed by atoms with Crippen LogP contribution in [0.5, 0.6) is 5.75 Å². The van der Waals surface area contributed by atoms with Gasteiger partial charge in [-0.25, -0.2) is 9.78 Å². The lowest BCUT2D eigenvalue weighted by molar-refractivity contribution is -0.162. The van der Waals surface area contributed by atoms with Crippen molar-refractivity contribution in [3.63, 3.8) is 0 Å². The number of nitrogens with one attached hydrogen (secondary N) is 1. The van der Waals surface area contributed by atoms with Crippen LogP contribution in [0.3, 0.4) is 0 Å². The number of aromatic hydroxyl groups is 1. The van der Waals surface area contributed by atoms with Crippen LogP contribution in [0.25, 0.3) is 0 Å². The summed E-state index contributed by atoms with van der Waals surface area (Å²) in [6.07, 6.45) is 3.67. The lowest BCUT2D eigenvalue weighted by atomic mass is 9.99. The highest BCUT2D eigenvalue weighted by Gasteiger charge is 2.41. The van der Waals surface area contributed by atoms with Gasteiger partial charge in [0.15, 0.2) is 0 Å². The van der Waals surface area contributed by atoms with Crippen molar-refractivity contribution in [1.29, 1.82) is 0 Å². The molecule has 1 aromatic carbocycles. The topological polar surface area (TPSA) is 116 Å². The summed E-state index contributed by atoms with van der Waals surface area (Å²) >= 11 is 0. The van der Waals surface area contributed by atoms with Crippen LogP contribution in [0.4, 0.5) is 0 Å². The Kier molecular flexibility index (Phi) is 6.71. The third kappa shape index (κ3) is 4.79. The summed E-state index contributed by atoms with van der Waals surface area (Å²) in [5.41, 5.74) is 1.52. The van der Waals surface area contributed by atoms with Crippen LogP contribution in [-0.4, -0.2) is 74.4 Å². The molecule has 9 heteroatoms. The predicted molar refractivity (Wildman–Crippen MR) is 107 cm³/mol. The molecule has 2 amide bonds. The van der Waals surface area contributed by atoms with E-state index in [1.165, 1.54) is 35.2 Å². The van der Waals surface area contributed by atoms with Crippen LogP contribution >= 0.6 is 0 Å². The fourth-order valence-electron chi connectivity index (χ4n) is 3.71. The quantitative estimate of drug-likeness (QED) is 0.650. The van der Waals surface area contributed by atoms with Gasteiger partial charge in [-0.15, -0.1) is 0 Å². The standard InChI is InChI=1S/C21H26N4O5/c1-3-30-21(29)19(10-15-4-6-17(27)7-5-15)25-9-8-24(14(2)26)18(20(25)28)11-16-12-22-13-23-16/h4-7,12-13,18-19,27H,3,8-11H2,1-2H3,(H,22,23)/t18-,19-/m0/s1. The van der Waals surface area contributed by atoms with Gasteiger partial charge in [0.25, 0.3) is 0 Å². The second kappa shape index (κ2) is 9.43. The number of carbonyl (C=O) groups excluding carboxylic acids is 3. The molecule has 1 aliphatic rings. The van der Waals surface area contributed by atoms with Gasteiger partial charge in [-0.1, -0.05) is 12.1 Å². The number of ether oxygens (including phenoxy) is 1. The van der Waals surface area contributed by atoms with E-state index in [0.717, 1.165) is 11.3 Å². The van der Waals surface area contributed by atoms with Crippen LogP contribution in [0.2, 0.25) is 0 Å². The van der Waals surface area contributed by atoms with Crippen molar-refractivity contribution in [3.8, 4) is 5.75 Å². The fraction of sp³-hybridized carbons (Fsp3) is 0.429. The summed E-state index contributed by atoms with van der Waals surface area (Å²) in [6.45, 7) is 3.91. The Morgan fingerprint density at radius 2 is 2.03 bits per heavy atom. The average molecular weight is 414 g/mol. The summed E-state index contributed by atoms with van der Waals surface area (Å²) < 4.78 is 5.24. The summed E-state index contributed by atoms with van der Waals surface area (Å²) in [6, 6.07) is 4.94. The zero-order valence-electron chi connectivity index (χ0n) is 17.1. The van der Waals surface area contributed by atoms with E-state index in [2.05, 4.69) is 9.97 Å².